The van der Waals surface area contributed by atoms with Crippen molar-refractivity contribution in [3.05, 3.63) is 33.9 Å². The summed E-state index contributed by atoms with van der Waals surface area (Å²) >= 11 is 7.27. The van der Waals surface area contributed by atoms with Crippen LogP contribution in [0.25, 0.3) is 10.1 Å². The maximum atomic E-state index is 13.2. The molecule has 0 aliphatic rings. The minimum absolute atomic E-state index is 0.137. The Hall–Kier alpha value is -1.66. The summed E-state index contributed by atoms with van der Waals surface area (Å²) in [6, 6.07) is 3.37. The van der Waals surface area contributed by atoms with Gasteiger partial charge in [-0.05, 0) is 24.1 Å². The summed E-state index contributed by atoms with van der Waals surface area (Å²) in [6.45, 7) is 3.59. The molecule has 1 N–H and O–H groups in total. The molecule has 1 atom stereocenters. The van der Waals surface area contributed by atoms with Crippen molar-refractivity contribution in [2.75, 3.05) is 7.11 Å². The number of amides is 1. The first-order valence-electron chi connectivity index (χ1n) is 6.61. The molecule has 1 unspecified atom stereocenters. The summed E-state index contributed by atoms with van der Waals surface area (Å²) in [6.07, 6.45) is 0. The summed E-state index contributed by atoms with van der Waals surface area (Å²) in [4.78, 5) is 24.3. The van der Waals surface area contributed by atoms with E-state index in [1.807, 2.05) is 0 Å². The summed E-state index contributed by atoms with van der Waals surface area (Å²) in [5.74, 6) is -1.53. The average Bonchev–Trinajstić information content (AvgIpc) is 2.79. The summed E-state index contributed by atoms with van der Waals surface area (Å²) in [5, 5.41) is 3.48. The van der Waals surface area contributed by atoms with Crippen LogP contribution in [0.1, 0.15) is 23.5 Å². The fraction of sp³-hybridized carbons (Fsp3) is 0.333. The number of thiophene rings is 1. The van der Waals surface area contributed by atoms with Crippen LogP contribution >= 0.6 is 22.9 Å². The van der Waals surface area contributed by atoms with Crippen molar-refractivity contribution in [3.63, 3.8) is 0 Å². The fourth-order valence-corrected chi connectivity index (χ4v) is 3.46. The van der Waals surface area contributed by atoms with Crippen LogP contribution in [-0.4, -0.2) is 25.0 Å². The Morgan fingerprint density at radius 2 is 2.05 bits per heavy atom. The number of fused-ring (bicyclic) bond motifs is 1. The standard InChI is InChI=1S/C15H15ClFNO3S/c1-7(2)12(15(20)21-3)18-14(19)13-11(16)9-5-4-8(17)6-10(9)22-13/h4-7,12H,1-3H3,(H,18,19). The number of methoxy groups -OCH3 is 1. The predicted octanol–water partition coefficient (Wildman–Crippen LogP) is 3.62. The predicted molar refractivity (Wildman–Crippen MR) is 84.9 cm³/mol. The van der Waals surface area contributed by atoms with E-state index in [0.29, 0.717) is 10.1 Å². The highest BCUT2D eigenvalue weighted by Gasteiger charge is 2.27. The van der Waals surface area contributed by atoms with Crippen molar-refractivity contribution < 1.29 is 18.7 Å². The number of hydrogen-bond donors (Lipinski definition) is 1. The maximum absolute atomic E-state index is 13.2. The molecule has 0 saturated carbocycles. The van der Waals surface area contributed by atoms with Gasteiger partial charge >= 0.3 is 5.97 Å². The van der Waals surface area contributed by atoms with Crippen molar-refractivity contribution in [2.45, 2.75) is 19.9 Å². The van der Waals surface area contributed by atoms with Gasteiger partial charge in [-0.1, -0.05) is 25.4 Å². The molecule has 2 aromatic rings. The lowest BCUT2D eigenvalue weighted by molar-refractivity contribution is -0.144. The lowest BCUT2D eigenvalue weighted by atomic mass is 10.0. The Balaban J connectivity index is 2.33. The maximum Gasteiger partial charge on any atom is 0.328 e. The molecule has 118 valence electrons. The highest BCUT2D eigenvalue weighted by atomic mass is 35.5. The minimum atomic E-state index is -0.768. The number of carbonyl (C=O) groups excluding carboxylic acids is 2. The zero-order valence-corrected chi connectivity index (χ0v) is 13.8. The number of carbonyl (C=O) groups is 2. The molecule has 0 spiro atoms. The van der Waals surface area contributed by atoms with E-state index in [4.69, 9.17) is 11.6 Å². The number of rotatable bonds is 4. The molecule has 1 aromatic heterocycles. The van der Waals surface area contributed by atoms with Gasteiger partial charge in [-0.15, -0.1) is 11.3 Å². The molecule has 2 rings (SSSR count). The van der Waals surface area contributed by atoms with E-state index in [1.165, 1.54) is 25.3 Å². The van der Waals surface area contributed by atoms with Crippen molar-refractivity contribution in [3.8, 4) is 0 Å². The molecule has 7 heteroatoms. The van der Waals surface area contributed by atoms with Gasteiger partial charge < -0.3 is 10.1 Å². The van der Waals surface area contributed by atoms with E-state index in [9.17, 15) is 14.0 Å². The average molecular weight is 344 g/mol. The second-order valence-electron chi connectivity index (χ2n) is 5.10. The smallest absolute Gasteiger partial charge is 0.328 e. The van der Waals surface area contributed by atoms with Crippen molar-refractivity contribution in [2.24, 2.45) is 5.92 Å². The third-order valence-corrected chi connectivity index (χ3v) is 4.86. The van der Waals surface area contributed by atoms with Gasteiger partial charge in [0, 0.05) is 10.1 Å². The first-order valence-corrected chi connectivity index (χ1v) is 7.80. The van der Waals surface area contributed by atoms with Gasteiger partial charge in [-0.3, -0.25) is 4.79 Å². The van der Waals surface area contributed by atoms with Gasteiger partial charge in [0.2, 0.25) is 0 Å². The monoisotopic (exact) mass is 343 g/mol. The van der Waals surface area contributed by atoms with Gasteiger partial charge in [0.15, 0.2) is 0 Å². The molecule has 1 amide bonds. The van der Waals surface area contributed by atoms with Crippen molar-refractivity contribution in [1.82, 2.24) is 5.32 Å². The molecule has 0 saturated heterocycles. The van der Waals surface area contributed by atoms with Crippen LogP contribution in [0.3, 0.4) is 0 Å². The third-order valence-electron chi connectivity index (χ3n) is 3.21. The molecule has 0 fully saturated rings. The first kappa shape index (κ1) is 16.7. The number of halogens is 2. The zero-order chi connectivity index (χ0) is 16.4. The summed E-state index contributed by atoms with van der Waals surface area (Å²) in [7, 11) is 1.26. The van der Waals surface area contributed by atoms with Crippen LogP contribution in [0.15, 0.2) is 18.2 Å². The summed E-state index contributed by atoms with van der Waals surface area (Å²) < 4.78 is 18.5. The topological polar surface area (TPSA) is 55.4 Å². The third kappa shape index (κ3) is 3.23. The number of benzene rings is 1. The Morgan fingerprint density at radius 1 is 1.36 bits per heavy atom. The molecule has 1 aromatic carbocycles. The van der Waals surface area contributed by atoms with Crippen LogP contribution in [0.2, 0.25) is 5.02 Å². The largest absolute Gasteiger partial charge is 0.467 e. The molecular weight excluding hydrogens is 329 g/mol. The van der Waals surface area contributed by atoms with E-state index in [-0.39, 0.29) is 15.8 Å². The minimum Gasteiger partial charge on any atom is -0.467 e. The normalized spacial score (nSPS) is 12.5. The number of ether oxygens (including phenoxy) is 1. The Kier molecular flexibility index (Phi) is 5.03. The van der Waals surface area contributed by atoms with Gasteiger partial charge in [0.25, 0.3) is 5.91 Å². The quantitative estimate of drug-likeness (QED) is 0.863. The Morgan fingerprint density at radius 3 is 2.64 bits per heavy atom. The lowest BCUT2D eigenvalue weighted by Crippen LogP contribution is -2.44. The van der Waals surface area contributed by atoms with E-state index in [0.717, 1.165) is 11.3 Å². The van der Waals surface area contributed by atoms with E-state index in [1.54, 1.807) is 13.8 Å². The van der Waals surface area contributed by atoms with E-state index >= 15 is 0 Å². The first-order chi connectivity index (χ1) is 10.3. The van der Waals surface area contributed by atoms with Crippen LogP contribution in [0.4, 0.5) is 4.39 Å². The van der Waals surface area contributed by atoms with E-state index < -0.39 is 23.7 Å². The van der Waals surface area contributed by atoms with Crippen LogP contribution in [-0.2, 0) is 9.53 Å². The molecule has 1 heterocycles. The molecule has 0 radical (unpaired) electrons. The highest BCUT2D eigenvalue weighted by Crippen LogP contribution is 2.35. The number of hydrogen-bond acceptors (Lipinski definition) is 4. The van der Waals surface area contributed by atoms with Gasteiger partial charge in [-0.2, -0.15) is 0 Å². The number of nitrogens with one attached hydrogen (secondary N) is 1. The highest BCUT2D eigenvalue weighted by molar-refractivity contribution is 7.21. The van der Waals surface area contributed by atoms with Crippen LogP contribution < -0.4 is 5.32 Å². The van der Waals surface area contributed by atoms with Crippen molar-refractivity contribution >= 4 is 44.9 Å². The van der Waals surface area contributed by atoms with E-state index in [2.05, 4.69) is 10.1 Å². The van der Waals surface area contributed by atoms with Crippen LogP contribution in [0.5, 0.6) is 0 Å². The molecule has 0 bridgehead atoms. The van der Waals surface area contributed by atoms with Gasteiger partial charge in [0.05, 0.1) is 12.1 Å². The SMILES string of the molecule is COC(=O)C(NC(=O)c1sc2cc(F)ccc2c1Cl)C(C)C. The van der Waals surface area contributed by atoms with Gasteiger partial charge in [0.1, 0.15) is 16.7 Å². The van der Waals surface area contributed by atoms with Crippen molar-refractivity contribution in [1.29, 1.82) is 0 Å². The molecule has 22 heavy (non-hydrogen) atoms. The molecule has 0 aliphatic carbocycles. The van der Waals surface area contributed by atoms with Crippen LogP contribution in [0, 0.1) is 11.7 Å². The van der Waals surface area contributed by atoms with Gasteiger partial charge in [-0.25, -0.2) is 9.18 Å². The lowest BCUT2D eigenvalue weighted by Gasteiger charge is -2.19. The molecule has 0 aliphatic heterocycles. The second kappa shape index (κ2) is 6.62. The fourth-order valence-electron chi connectivity index (χ4n) is 2.02. The molecule has 4 nitrogen and oxygen atoms in total. The summed E-state index contributed by atoms with van der Waals surface area (Å²) in [5.41, 5.74) is 0. The molecular formula is C15H15ClFNO3S. The second-order valence-corrected chi connectivity index (χ2v) is 6.53. The Labute approximate surface area is 136 Å². The number of esters is 1. The zero-order valence-electron chi connectivity index (χ0n) is 12.3. The Bertz CT molecular complexity index is 729.